The minimum Gasteiger partial charge on any atom is -0.494 e. The number of hydrogen-bond acceptors (Lipinski definition) is 3. The van der Waals surface area contributed by atoms with Crippen molar-refractivity contribution in [3.05, 3.63) is 53.3 Å². The fourth-order valence-electron chi connectivity index (χ4n) is 1.93. The van der Waals surface area contributed by atoms with E-state index in [4.69, 9.17) is 22.7 Å². The third-order valence-electron chi connectivity index (χ3n) is 2.96. The molecule has 0 fully saturated rings. The van der Waals surface area contributed by atoms with E-state index < -0.39 is 5.82 Å². The van der Waals surface area contributed by atoms with Crippen LogP contribution in [0.5, 0.6) is 5.75 Å². The van der Waals surface area contributed by atoms with Crippen LogP contribution in [-0.2, 0) is 0 Å². The van der Waals surface area contributed by atoms with Crippen molar-refractivity contribution in [2.24, 2.45) is 5.73 Å². The smallest absolute Gasteiger partial charge is 0.167 e. The number of thiocarbonyl (C=S) groups is 1. The minimum absolute atomic E-state index is 0.204. The molecule has 2 aromatic carbocycles. The molecule has 5 heteroatoms. The van der Waals surface area contributed by atoms with Gasteiger partial charge in [-0.1, -0.05) is 24.4 Å². The highest BCUT2D eigenvalue weighted by atomic mass is 32.1. The number of rotatable bonds is 4. The van der Waals surface area contributed by atoms with E-state index in [2.05, 4.69) is 5.32 Å². The van der Waals surface area contributed by atoms with Crippen molar-refractivity contribution in [2.75, 3.05) is 12.4 Å². The van der Waals surface area contributed by atoms with Gasteiger partial charge in [0, 0.05) is 17.3 Å². The topological polar surface area (TPSA) is 47.3 Å². The molecule has 0 amide bonds. The molecule has 2 rings (SSSR count). The number of nitrogens with two attached hydrogens (primary N) is 1. The number of ether oxygens (including phenoxy) is 1. The van der Waals surface area contributed by atoms with Crippen LogP contribution in [0.2, 0.25) is 0 Å². The highest BCUT2D eigenvalue weighted by molar-refractivity contribution is 7.80. The third-order valence-corrected chi connectivity index (χ3v) is 3.18. The van der Waals surface area contributed by atoms with Gasteiger partial charge in [0.1, 0.15) is 4.99 Å². The van der Waals surface area contributed by atoms with Gasteiger partial charge in [0.05, 0.1) is 12.8 Å². The molecule has 3 N–H and O–H groups in total. The Morgan fingerprint density at radius 3 is 2.65 bits per heavy atom. The SMILES string of the molecule is COc1ccc(Nc2c(C)cccc2C(N)=S)cc1F. The second kappa shape index (κ2) is 5.88. The van der Waals surface area contributed by atoms with Gasteiger partial charge in [-0.15, -0.1) is 0 Å². The Labute approximate surface area is 122 Å². The van der Waals surface area contributed by atoms with E-state index in [0.29, 0.717) is 10.7 Å². The summed E-state index contributed by atoms with van der Waals surface area (Å²) in [6.07, 6.45) is 0. The van der Waals surface area contributed by atoms with Crippen LogP contribution in [0.4, 0.5) is 15.8 Å². The predicted octanol–water partition coefficient (Wildman–Crippen LogP) is 3.52. The summed E-state index contributed by atoms with van der Waals surface area (Å²) in [7, 11) is 1.43. The lowest BCUT2D eigenvalue weighted by atomic mass is 10.1. The van der Waals surface area contributed by atoms with Gasteiger partial charge in [-0.3, -0.25) is 0 Å². The lowest BCUT2D eigenvalue weighted by molar-refractivity contribution is 0.386. The van der Waals surface area contributed by atoms with Crippen molar-refractivity contribution in [3.8, 4) is 5.75 Å². The van der Waals surface area contributed by atoms with Gasteiger partial charge in [-0.2, -0.15) is 0 Å². The number of aryl methyl sites for hydroxylation is 1. The fourth-order valence-corrected chi connectivity index (χ4v) is 2.10. The summed E-state index contributed by atoms with van der Waals surface area (Å²) in [6, 6.07) is 10.3. The van der Waals surface area contributed by atoms with Crippen LogP contribution >= 0.6 is 12.2 Å². The van der Waals surface area contributed by atoms with Gasteiger partial charge in [0.15, 0.2) is 11.6 Å². The summed E-state index contributed by atoms with van der Waals surface area (Å²) in [4.78, 5) is 0.296. The third kappa shape index (κ3) is 2.88. The number of anilines is 2. The zero-order valence-electron chi connectivity index (χ0n) is 11.2. The van der Waals surface area contributed by atoms with E-state index in [-0.39, 0.29) is 5.75 Å². The van der Waals surface area contributed by atoms with Crippen molar-refractivity contribution in [3.63, 3.8) is 0 Å². The van der Waals surface area contributed by atoms with Crippen LogP contribution in [0.1, 0.15) is 11.1 Å². The van der Waals surface area contributed by atoms with E-state index in [1.54, 1.807) is 12.1 Å². The van der Waals surface area contributed by atoms with Gasteiger partial charge in [-0.25, -0.2) is 4.39 Å². The molecule has 0 radical (unpaired) electrons. The molecule has 0 aliphatic rings. The number of hydrogen-bond donors (Lipinski definition) is 2. The number of benzene rings is 2. The minimum atomic E-state index is -0.428. The van der Waals surface area contributed by atoms with Crippen LogP contribution in [-0.4, -0.2) is 12.1 Å². The number of methoxy groups -OCH3 is 1. The zero-order valence-corrected chi connectivity index (χ0v) is 12.1. The van der Waals surface area contributed by atoms with Crippen LogP contribution in [0.15, 0.2) is 36.4 Å². The van der Waals surface area contributed by atoms with Crippen LogP contribution < -0.4 is 15.8 Å². The molecule has 0 bridgehead atoms. The van der Waals surface area contributed by atoms with Crippen LogP contribution in [0.25, 0.3) is 0 Å². The molecule has 0 saturated carbocycles. The van der Waals surface area contributed by atoms with Crippen molar-refractivity contribution in [1.82, 2.24) is 0 Å². The fraction of sp³-hybridized carbons (Fsp3) is 0.133. The van der Waals surface area contributed by atoms with Crippen molar-refractivity contribution < 1.29 is 9.13 Å². The van der Waals surface area contributed by atoms with Gasteiger partial charge in [-0.05, 0) is 30.7 Å². The number of halogens is 1. The molecule has 0 aliphatic carbocycles. The van der Waals surface area contributed by atoms with Crippen molar-refractivity contribution in [1.29, 1.82) is 0 Å². The maximum atomic E-state index is 13.7. The highest BCUT2D eigenvalue weighted by Gasteiger charge is 2.10. The standard InChI is InChI=1S/C15H15FN2OS/c1-9-4-3-5-11(15(17)20)14(9)18-10-6-7-13(19-2)12(16)8-10/h3-8,18H,1-2H3,(H2,17,20). The second-order valence-corrected chi connectivity index (χ2v) is 4.78. The highest BCUT2D eigenvalue weighted by Crippen LogP contribution is 2.27. The molecular weight excluding hydrogens is 275 g/mol. The van der Waals surface area contributed by atoms with E-state index in [1.807, 2.05) is 25.1 Å². The Balaban J connectivity index is 2.39. The van der Waals surface area contributed by atoms with E-state index in [1.165, 1.54) is 13.2 Å². The summed E-state index contributed by atoms with van der Waals surface area (Å²) in [5.41, 5.74) is 8.81. The van der Waals surface area contributed by atoms with Gasteiger partial charge < -0.3 is 15.8 Å². The number of para-hydroxylation sites is 1. The molecule has 0 heterocycles. The molecule has 3 nitrogen and oxygen atoms in total. The largest absolute Gasteiger partial charge is 0.494 e. The molecule has 0 aromatic heterocycles. The monoisotopic (exact) mass is 290 g/mol. The summed E-state index contributed by atoms with van der Waals surface area (Å²) in [5, 5.41) is 3.15. The average molecular weight is 290 g/mol. The van der Waals surface area contributed by atoms with Crippen molar-refractivity contribution >= 4 is 28.6 Å². The van der Waals surface area contributed by atoms with E-state index >= 15 is 0 Å². The molecule has 0 unspecified atom stereocenters. The van der Waals surface area contributed by atoms with E-state index in [9.17, 15) is 4.39 Å². The average Bonchev–Trinajstić information content (AvgIpc) is 2.41. The molecule has 20 heavy (non-hydrogen) atoms. The second-order valence-electron chi connectivity index (χ2n) is 4.34. The molecule has 104 valence electrons. The molecule has 2 aromatic rings. The molecule has 0 spiro atoms. The molecule has 0 aliphatic heterocycles. The molecule has 0 saturated heterocycles. The Bertz CT molecular complexity index is 658. The first-order valence-electron chi connectivity index (χ1n) is 6.03. The molecule has 0 atom stereocenters. The Kier molecular flexibility index (Phi) is 4.20. The van der Waals surface area contributed by atoms with E-state index in [0.717, 1.165) is 16.8 Å². The summed E-state index contributed by atoms with van der Waals surface area (Å²) in [6.45, 7) is 1.93. The van der Waals surface area contributed by atoms with Crippen molar-refractivity contribution in [2.45, 2.75) is 6.92 Å². The van der Waals surface area contributed by atoms with Crippen LogP contribution in [0, 0.1) is 12.7 Å². The van der Waals surface area contributed by atoms with Gasteiger partial charge in [0.25, 0.3) is 0 Å². The maximum Gasteiger partial charge on any atom is 0.167 e. The maximum absolute atomic E-state index is 13.7. The number of nitrogens with one attached hydrogen (secondary N) is 1. The summed E-state index contributed by atoms with van der Waals surface area (Å²) < 4.78 is 18.6. The Hall–Kier alpha value is -2.14. The van der Waals surface area contributed by atoms with Crippen LogP contribution in [0.3, 0.4) is 0 Å². The van der Waals surface area contributed by atoms with Gasteiger partial charge in [0.2, 0.25) is 0 Å². The quantitative estimate of drug-likeness (QED) is 0.846. The first-order chi connectivity index (χ1) is 9.52. The summed E-state index contributed by atoms with van der Waals surface area (Å²) >= 11 is 5.03. The lowest BCUT2D eigenvalue weighted by Gasteiger charge is -2.14. The first-order valence-corrected chi connectivity index (χ1v) is 6.43. The predicted molar refractivity (Wildman–Crippen MR) is 83.3 cm³/mol. The first kappa shape index (κ1) is 14.3. The van der Waals surface area contributed by atoms with Gasteiger partial charge >= 0.3 is 0 Å². The summed E-state index contributed by atoms with van der Waals surface area (Å²) in [5.74, 6) is -0.224. The lowest BCUT2D eigenvalue weighted by Crippen LogP contribution is -2.12. The zero-order chi connectivity index (χ0) is 14.7. The molecular formula is C15H15FN2OS. The Morgan fingerprint density at radius 2 is 2.05 bits per heavy atom. The Morgan fingerprint density at radius 1 is 1.30 bits per heavy atom. The normalized spacial score (nSPS) is 10.2.